The molecule has 1 atom stereocenters. The number of hydrogen-bond acceptors (Lipinski definition) is 5. The summed E-state index contributed by atoms with van der Waals surface area (Å²) >= 11 is 1.47. The fourth-order valence-corrected chi connectivity index (χ4v) is 5.75. The first-order valence-electron chi connectivity index (χ1n) is 11.4. The van der Waals surface area contributed by atoms with Crippen molar-refractivity contribution < 1.29 is 19.4 Å². The van der Waals surface area contributed by atoms with Crippen LogP contribution in [0.3, 0.4) is 0 Å². The van der Waals surface area contributed by atoms with Gasteiger partial charge in [0.1, 0.15) is 11.5 Å². The van der Waals surface area contributed by atoms with E-state index in [-0.39, 0.29) is 11.3 Å². The molecule has 0 aliphatic carbocycles. The van der Waals surface area contributed by atoms with Crippen molar-refractivity contribution in [2.75, 3.05) is 13.7 Å². The van der Waals surface area contributed by atoms with Crippen molar-refractivity contribution in [2.45, 2.75) is 19.4 Å². The third-order valence-electron chi connectivity index (χ3n) is 6.62. The summed E-state index contributed by atoms with van der Waals surface area (Å²) in [4.78, 5) is 28.9. The van der Waals surface area contributed by atoms with Gasteiger partial charge in [-0.2, -0.15) is 0 Å². The normalized spacial score (nSPS) is 17.5. The van der Waals surface area contributed by atoms with Gasteiger partial charge in [-0.25, -0.2) is 0 Å². The maximum atomic E-state index is 13.2. The maximum Gasteiger partial charge on any atom is 0.295 e. The molecule has 0 bridgehead atoms. The summed E-state index contributed by atoms with van der Waals surface area (Å²) in [6.45, 7) is 2.23. The maximum absolute atomic E-state index is 13.2. The van der Waals surface area contributed by atoms with Crippen molar-refractivity contribution in [3.63, 3.8) is 0 Å². The molecule has 178 valence electrons. The number of thiophene rings is 1. The lowest BCUT2D eigenvalue weighted by Gasteiger charge is -2.24. The minimum atomic E-state index is -0.660. The number of para-hydroxylation sites is 1. The Balaban J connectivity index is 1.54. The largest absolute Gasteiger partial charge is 0.507 e. The van der Waals surface area contributed by atoms with Crippen molar-refractivity contribution in [1.82, 2.24) is 9.47 Å². The zero-order valence-electron chi connectivity index (χ0n) is 19.8. The second kappa shape index (κ2) is 9.07. The molecule has 6 nitrogen and oxygen atoms in total. The van der Waals surface area contributed by atoms with E-state index in [2.05, 4.69) is 22.9 Å². The van der Waals surface area contributed by atoms with Gasteiger partial charge in [0.25, 0.3) is 11.7 Å². The summed E-state index contributed by atoms with van der Waals surface area (Å²) in [5.74, 6) is -0.727. The molecule has 1 aliphatic rings. The van der Waals surface area contributed by atoms with E-state index in [4.69, 9.17) is 4.74 Å². The number of methoxy groups -OCH3 is 1. The first kappa shape index (κ1) is 22.9. The minimum absolute atomic E-state index is 0.125. The summed E-state index contributed by atoms with van der Waals surface area (Å²) in [5, 5.41) is 14.3. The predicted octanol–water partition coefficient (Wildman–Crippen LogP) is 5.22. The van der Waals surface area contributed by atoms with Crippen LogP contribution in [0, 0.1) is 6.92 Å². The summed E-state index contributed by atoms with van der Waals surface area (Å²) in [5.41, 5.74) is 3.67. The molecular formula is C28H26N2O4S. The summed E-state index contributed by atoms with van der Waals surface area (Å²) in [6, 6.07) is 16.5. The number of carbonyl (C=O) groups excluding carboxylic acids is 2. The molecule has 2 aromatic heterocycles. The summed E-state index contributed by atoms with van der Waals surface area (Å²) in [7, 11) is 3.58. The molecule has 1 fully saturated rings. The molecule has 1 N–H and O–H groups in total. The van der Waals surface area contributed by atoms with Crippen LogP contribution in [-0.2, 0) is 23.1 Å². The molecule has 0 spiro atoms. The van der Waals surface area contributed by atoms with Crippen LogP contribution in [0.5, 0.6) is 5.75 Å². The first-order chi connectivity index (χ1) is 16.9. The molecule has 2 aromatic carbocycles. The van der Waals surface area contributed by atoms with E-state index in [1.807, 2.05) is 43.6 Å². The second-order valence-corrected chi connectivity index (χ2v) is 9.70. The van der Waals surface area contributed by atoms with E-state index in [9.17, 15) is 14.7 Å². The van der Waals surface area contributed by atoms with E-state index >= 15 is 0 Å². The Morgan fingerprint density at radius 3 is 2.63 bits per heavy atom. The van der Waals surface area contributed by atoms with Gasteiger partial charge in [-0.05, 0) is 60.2 Å². The van der Waals surface area contributed by atoms with Crippen molar-refractivity contribution in [1.29, 1.82) is 0 Å². The van der Waals surface area contributed by atoms with E-state index in [0.717, 1.165) is 26.9 Å². The zero-order valence-corrected chi connectivity index (χ0v) is 20.6. The Bertz CT molecular complexity index is 1470. The molecule has 1 saturated heterocycles. The zero-order chi connectivity index (χ0) is 24.7. The van der Waals surface area contributed by atoms with Crippen molar-refractivity contribution in [2.24, 2.45) is 7.05 Å². The molecular weight excluding hydrogens is 460 g/mol. The van der Waals surface area contributed by atoms with Gasteiger partial charge < -0.3 is 19.3 Å². The lowest BCUT2D eigenvalue weighted by Crippen LogP contribution is -2.31. The lowest BCUT2D eigenvalue weighted by molar-refractivity contribution is -0.139. The van der Waals surface area contributed by atoms with Crippen molar-refractivity contribution in [3.05, 3.63) is 93.3 Å². The van der Waals surface area contributed by atoms with Crippen LogP contribution in [0.2, 0.25) is 0 Å². The number of likely N-dealkylation sites (tertiary alicyclic amines) is 1. The van der Waals surface area contributed by atoms with Gasteiger partial charge in [0, 0.05) is 41.1 Å². The van der Waals surface area contributed by atoms with Crippen molar-refractivity contribution >= 4 is 39.7 Å². The number of fused-ring (bicyclic) bond motifs is 1. The second-order valence-electron chi connectivity index (χ2n) is 8.72. The third kappa shape index (κ3) is 3.91. The van der Waals surface area contributed by atoms with Crippen molar-refractivity contribution in [3.8, 4) is 5.75 Å². The van der Waals surface area contributed by atoms with E-state index < -0.39 is 17.7 Å². The van der Waals surface area contributed by atoms with Crippen LogP contribution in [0.25, 0.3) is 16.7 Å². The number of carbonyl (C=O) groups is 2. The Labute approximate surface area is 207 Å². The quantitative estimate of drug-likeness (QED) is 0.230. The smallest absolute Gasteiger partial charge is 0.295 e. The topological polar surface area (TPSA) is 71.8 Å². The van der Waals surface area contributed by atoms with Crippen LogP contribution in [0.4, 0.5) is 0 Å². The van der Waals surface area contributed by atoms with Crippen LogP contribution >= 0.6 is 11.3 Å². The first-order valence-corrected chi connectivity index (χ1v) is 12.3. The monoisotopic (exact) mass is 486 g/mol. The minimum Gasteiger partial charge on any atom is -0.507 e. The molecule has 1 amide bonds. The average molecular weight is 487 g/mol. The van der Waals surface area contributed by atoms with Crippen LogP contribution < -0.4 is 4.74 Å². The number of aromatic nitrogens is 1. The van der Waals surface area contributed by atoms with Gasteiger partial charge in [-0.3, -0.25) is 9.59 Å². The standard InChI is InChI=1S/C28H26N2O4S/c1-17-15-18(10-11-22(17)34-3)26(31)24-25(23-9-6-14-35-23)30(28(33)27(24)32)13-12-19-16-29(2)21-8-5-4-7-20(19)21/h4-11,14-16,25,31H,12-13H2,1-3H3/b26-24-. The number of ketones is 1. The molecule has 4 aromatic rings. The van der Waals surface area contributed by atoms with Gasteiger partial charge in [0.05, 0.1) is 18.7 Å². The fraction of sp³-hybridized carbons (Fsp3) is 0.214. The van der Waals surface area contributed by atoms with Gasteiger partial charge in [0.15, 0.2) is 0 Å². The highest BCUT2D eigenvalue weighted by atomic mass is 32.1. The molecule has 0 saturated carbocycles. The molecule has 0 radical (unpaired) electrons. The van der Waals surface area contributed by atoms with Crippen LogP contribution in [0.15, 0.2) is 71.7 Å². The molecule has 3 heterocycles. The number of aliphatic hydroxyl groups excluding tert-OH is 1. The SMILES string of the molecule is COc1ccc(/C(O)=C2/C(=O)C(=O)N(CCc3cn(C)c4ccccc34)C2c2cccs2)cc1C. The number of Topliss-reactive ketones (excluding diaryl/α,β-unsaturated/α-hetero) is 1. The fourth-order valence-electron chi connectivity index (χ4n) is 4.90. The predicted molar refractivity (Wildman–Crippen MR) is 138 cm³/mol. The lowest BCUT2D eigenvalue weighted by atomic mass is 9.98. The number of benzene rings is 2. The Morgan fingerprint density at radius 1 is 1.11 bits per heavy atom. The van der Waals surface area contributed by atoms with Crippen LogP contribution in [-0.4, -0.2) is 39.9 Å². The number of aliphatic hydroxyl groups is 1. The van der Waals surface area contributed by atoms with Crippen LogP contribution in [0.1, 0.15) is 27.6 Å². The van der Waals surface area contributed by atoms with Gasteiger partial charge in [-0.1, -0.05) is 24.3 Å². The molecule has 5 rings (SSSR count). The number of aryl methyl sites for hydroxylation is 2. The van der Waals surface area contributed by atoms with E-state index in [0.29, 0.717) is 24.3 Å². The Morgan fingerprint density at radius 2 is 1.91 bits per heavy atom. The number of rotatable bonds is 6. The molecule has 35 heavy (non-hydrogen) atoms. The number of ether oxygens (including phenoxy) is 1. The van der Waals surface area contributed by atoms with Gasteiger partial charge in [0.2, 0.25) is 0 Å². The number of hydrogen-bond donors (Lipinski definition) is 1. The molecule has 7 heteroatoms. The number of amides is 1. The van der Waals surface area contributed by atoms with E-state index in [1.54, 1.807) is 30.2 Å². The highest BCUT2D eigenvalue weighted by Gasteiger charge is 2.46. The highest BCUT2D eigenvalue weighted by molar-refractivity contribution is 7.10. The highest BCUT2D eigenvalue weighted by Crippen LogP contribution is 2.41. The Hall–Kier alpha value is -3.84. The summed E-state index contributed by atoms with van der Waals surface area (Å²) < 4.78 is 7.39. The summed E-state index contributed by atoms with van der Waals surface area (Å²) in [6.07, 6.45) is 2.67. The third-order valence-corrected chi connectivity index (χ3v) is 7.55. The molecule has 1 unspecified atom stereocenters. The average Bonchev–Trinajstić information content (AvgIpc) is 3.56. The van der Waals surface area contributed by atoms with Gasteiger partial charge >= 0.3 is 0 Å². The van der Waals surface area contributed by atoms with Gasteiger partial charge in [-0.15, -0.1) is 11.3 Å². The Kier molecular flexibility index (Phi) is 5.94. The van der Waals surface area contributed by atoms with E-state index in [1.165, 1.54) is 11.3 Å². The molecule has 1 aliphatic heterocycles. The number of nitrogens with zero attached hydrogens (tertiary/aromatic N) is 2.